The predicted octanol–water partition coefficient (Wildman–Crippen LogP) is 6.27. The SMILES string of the molecule is CC#CC#CC#CC#CC#CC#CC#CC#CC#CC#CC#CC#CC#CC#CC#CC.COC(=O)c1ccc(COc2cc3c(cc2OC)CCN2Cc4[nH]c5ccccc5c4CC32)cc1. The van der Waals surface area contributed by atoms with Gasteiger partial charge in [0.15, 0.2) is 11.5 Å². The van der Waals surface area contributed by atoms with E-state index in [9.17, 15) is 4.79 Å². The van der Waals surface area contributed by atoms with Gasteiger partial charge >= 0.3 is 5.97 Å². The Hall–Kier alpha value is -10.4. The van der Waals surface area contributed by atoms with Crippen LogP contribution in [0.1, 0.15) is 58.2 Å². The van der Waals surface area contributed by atoms with Crippen LogP contribution in [0.25, 0.3) is 10.9 Å². The third kappa shape index (κ3) is 15.5. The highest BCUT2D eigenvalue weighted by atomic mass is 16.5. The smallest absolute Gasteiger partial charge is 0.337 e. The third-order valence-electron chi connectivity index (χ3n) is 9.26. The number of fused-ring (bicyclic) bond motifs is 6. The van der Waals surface area contributed by atoms with E-state index in [1.807, 2.05) is 12.1 Å². The van der Waals surface area contributed by atoms with Crippen LogP contribution in [0.5, 0.6) is 11.5 Å². The first-order valence-corrected chi connectivity index (χ1v) is 20.2. The highest BCUT2D eigenvalue weighted by Crippen LogP contribution is 2.44. The number of hydrogen-bond acceptors (Lipinski definition) is 5. The summed E-state index contributed by atoms with van der Waals surface area (Å²) < 4.78 is 16.7. The number of nitrogens with one attached hydrogen (secondary N) is 1. The Kier molecular flexibility index (Phi) is 19.6. The van der Waals surface area contributed by atoms with Crippen molar-refractivity contribution in [3.05, 3.63) is 94.2 Å². The number of aromatic nitrogens is 1. The zero-order valence-corrected chi connectivity index (χ0v) is 37.0. The molecule has 1 unspecified atom stereocenters. The number of carbonyl (C=O) groups is 1. The molecule has 1 N–H and O–H groups in total. The minimum atomic E-state index is -0.343. The molecule has 0 radical (unpaired) electrons. The summed E-state index contributed by atoms with van der Waals surface area (Å²) in [5, 5.41) is 1.33. The van der Waals surface area contributed by atoms with Crippen LogP contribution in [0.3, 0.4) is 0 Å². The lowest BCUT2D eigenvalue weighted by atomic mass is 9.85. The standard InChI is InChI=1S/C32H6.C29H28N2O4/c1-3-5-7-9-11-13-15-17-19-21-23-25-27-29-31-32-30-28-26-24-22-20-18-16-14-12-10-8-6-4-2;1-33-27-13-20-11-12-31-16-25-23(21-5-3-4-6-24(21)30-25)14-26(31)22(20)15-28(27)35-17-18-7-9-19(10-8-18)29(32)34-2/h1-2H3;3-10,13,15,26,30H,11-12,14,16-17H2,1-2H3. The van der Waals surface area contributed by atoms with Gasteiger partial charge in [-0.15, -0.1) is 0 Å². The van der Waals surface area contributed by atoms with Crippen LogP contribution in [0.4, 0.5) is 0 Å². The second kappa shape index (κ2) is 27.5. The molecule has 6 heteroatoms. The number of ether oxygens (including phenoxy) is 3. The molecule has 0 bridgehead atoms. The lowest BCUT2D eigenvalue weighted by Crippen LogP contribution is -2.39. The molecule has 6 nitrogen and oxygen atoms in total. The molecule has 67 heavy (non-hydrogen) atoms. The van der Waals surface area contributed by atoms with Gasteiger partial charge in [-0.05, 0) is 174 Å². The Bertz CT molecular complexity index is 3460. The molecule has 3 heterocycles. The third-order valence-corrected chi connectivity index (χ3v) is 9.26. The number of carbonyl (C=O) groups excluding carboxylic acids is 1. The van der Waals surface area contributed by atoms with E-state index >= 15 is 0 Å². The molecule has 0 spiro atoms. The number of hydrogen-bond donors (Lipinski definition) is 1. The van der Waals surface area contributed by atoms with Gasteiger partial charge in [0.05, 0.1) is 19.8 Å². The summed E-state index contributed by atoms with van der Waals surface area (Å²) >= 11 is 0. The average Bonchev–Trinajstić information content (AvgIpc) is 3.73. The second-order valence-electron chi connectivity index (χ2n) is 13.2. The minimum absolute atomic E-state index is 0.318. The van der Waals surface area contributed by atoms with Gasteiger partial charge < -0.3 is 19.2 Å². The first-order valence-electron chi connectivity index (χ1n) is 20.2. The van der Waals surface area contributed by atoms with Gasteiger partial charge in [0.25, 0.3) is 0 Å². The topological polar surface area (TPSA) is 63.8 Å². The van der Waals surface area contributed by atoms with E-state index in [0.717, 1.165) is 43.0 Å². The number of esters is 1. The molecule has 3 aromatic carbocycles. The van der Waals surface area contributed by atoms with Crippen molar-refractivity contribution >= 4 is 16.9 Å². The van der Waals surface area contributed by atoms with Crippen LogP contribution in [0, 0.1) is 178 Å². The van der Waals surface area contributed by atoms with Crippen molar-refractivity contribution in [1.29, 1.82) is 0 Å². The molecule has 2 aliphatic rings. The van der Waals surface area contributed by atoms with E-state index in [2.05, 4.69) is 224 Å². The summed E-state index contributed by atoms with van der Waals surface area (Å²) in [7, 11) is 3.07. The fraction of sp³-hybridized carbons (Fsp3) is 0.164. The van der Waals surface area contributed by atoms with Crippen LogP contribution in [0.2, 0.25) is 0 Å². The van der Waals surface area contributed by atoms with E-state index in [1.54, 1.807) is 33.1 Å². The molecular formula is C61H34N2O4. The second-order valence-corrected chi connectivity index (χ2v) is 13.2. The van der Waals surface area contributed by atoms with Gasteiger partial charge in [0.1, 0.15) is 6.61 Å². The van der Waals surface area contributed by atoms with E-state index < -0.39 is 0 Å². The minimum Gasteiger partial charge on any atom is -0.493 e. The monoisotopic (exact) mass is 858 g/mol. The van der Waals surface area contributed by atoms with Crippen molar-refractivity contribution < 1.29 is 19.0 Å². The van der Waals surface area contributed by atoms with Crippen molar-refractivity contribution in [2.24, 2.45) is 0 Å². The summed E-state index contributed by atoms with van der Waals surface area (Å²) in [6.07, 6.45) is 1.97. The van der Waals surface area contributed by atoms with Gasteiger partial charge in [0.2, 0.25) is 0 Å². The number of rotatable bonds is 5. The largest absolute Gasteiger partial charge is 0.493 e. The van der Waals surface area contributed by atoms with Crippen molar-refractivity contribution in [3.8, 4) is 189 Å². The summed E-state index contributed by atoms with van der Waals surface area (Å²) in [6, 6.07) is 20.5. The predicted molar refractivity (Wildman–Crippen MR) is 262 cm³/mol. The molecule has 0 aliphatic carbocycles. The molecule has 0 amide bonds. The quantitative estimate of drug-likeness (QED) is 0.190. The molecular weight excluding hydrogens is 825 g/mol. The lowest BCUT2D eigenvalue weighted by molar-refractivity contribution is 0.0600. The molecule has 312 valence electrons. The number of methoxy groups -OCH3 is 2. The maximum absolute atomic E-state index is 11.7. The van der Waals surface area contributed by atoms with Gasteiger partial charge in [0, 0.05) is 107 Å². The molecule has 2 aliphatic heterocycles. The Morgan fingerprint density at radius 2 is 1.09 bits per heavy atom. The normalized spacial score (nSPS) is 10.7. The molecule has 6 rings (SSSR count). The number of nitrogens with zero attached hydrogens (tertiary/aromatic N) is 1. The number of para-hydroxylation sites is 1. The van der Waals surface area contributed by atoms with Crippen LogP contribution in [-0.2, 0) is 30.7 Å². The molecule has 1 atom stereocenters. The summed E-state index contributed by atoms with van der Waals surface area (Å²) in [4.78, 5) is 17.9. The fourth-order valence-corrected chi connectivity index (χ4v) is 6.44. The van der Waals surface area contributed by atoms with E-state index in [-0.39, 0.29) is 5.97 Å². The van der Waals surface area contributed by atoms with Crippen molar-refractivity contribution in [2.75, 3.05) is 20.8 Å². The fourth-order valence-electron chi connectivity index (χ4n) is 6.44. The highest BCUT2D eigenvalue weighted by Gasteiger charge is 2.34. The van der Waals surface area contributed by atoms with Gasteiger partial charge in [-0.25, -0.2) is 4.79 Å². The zero-order chi connectivity index (χ0) is 47.2. The number of aromatic amines is 1. The maximum atomic E-state index is 11.7. The van der Waals surface area contributed by atoms with E-state index in [1.165, 1.54) is 40.4 Å². The van der Waals surface area contributed by atoms with Crippen LogP contribution in [0.15, 0.2) is 60.7 Å². The molecule has 0 saturated carbocycles. The van der Waals surface area contributed by atoms with Crippen molar-refractivity contribution in [3.63, 3.8) is 0 Å². The lowest BCUT2D eigenvalue weighted by Gasteiger charge is -2.40. The molecule has 0 saturated heterocycles. The van der Waals surface area contributed by atoms with Crippen LogP contribution in [-0.4, -0.2) is 36.6 Å². The van der Waals surface area contributed by atoms with Crippen molar-refractivity contribution in [1.82, 2.24) is 9.88 Å². The highest BCUT2D eigenvalue weighted by molar-refractivity contribution is 5.89. The van der Waals surface area contributed by atoms with Gasteiger partial charge in [-0.1, -0.05) is 42.2 Å². The van der Waals surface area contributed by atoms with Crippen LogP contribution < -0.4 is 9.47 Å². The number of H-pyrrole nitrogens is 1. The Labute approximate surface area is 394 Å². The van der Waals surface area contributed by atoms with Crippen molar-refractivity contribution in [2.45, 2.75) is 45.9 Å². The first-order chi connectivity index (χ1) is 33.1. The molecule has 0 fully saturated rings. The Morgan fingerprint density at radius 1 is 0.612 bits per heavy atom. The Morgan fingerprint density at radius 3 is 1.55 bits per heavy atom. The molecule has 4 aromatic rings. The van der Waals surface area contributed by atoms with E-state index in [4.69, 9.17) is 14.2 Å². The molecule has 1 aromatic heterocycles. The average molecular weight is 859 g/mol. The number of benzene rings is 3. The van der Waals surface area contributed by atoms with Gasteiger partial charge in [-0.3, -0.25) is 4.90 Å². The van der Waals surface area contributed by atoms with Crippen LogP contribution >= 0.6 is 0 Å². The van der Waals surface area contributed by atoms with E-state index in [0.29, 0.717) is 18.2 Å². The first kappa shape index (κ1) is 47.7. The maximum Gasteiger partial charge on any atom is 0.337 e. The zero-order valence-electron chi connectivity index (χ0n) is 37.0. The Balaban J connectivity index is 0.000000253. The summed E-state index contributed by atoms with van der Waals surface area (Å²) in [5.41, 5.74) is 8.14. The van der Waals surface area contributed by atoms with Gasteiger partial charge in [-0.2, -0.15) is 0 Å². The summed E-state index contributed by atoms with van der Waals surface area (Å²) in [5.74, 6) is 76.8. The summed E-state index contributed by atoms with van der Waals surface area (Å²) in [6.45, 7) is 5.74.